The molecule has 0 saturated heterocycles. The van der Waals surface area contributed by atoms with Crippen LogP contribution in [0.15, 0.2) is 24.3 Å². The highest BCUT2D eigenvalue weighted by Crippen LogP contribution is 2.47. The van der Waals surface area contributed by atoms with Crippen LogP contribution in [0, 0.1) is 23.7 Å². The Morgan fingerprint density at radius 3 is 2.15 bits per heavy atom. The predicted molar refractivity (Wildman–Crippen MR) is 112 cm³/mol. The average molecular weight is 357 g/mol. The van der Waals surface area contributed by atoms with Crippen LogP contribution in [0.2, 0.25) is 0 Å². The van der Waals surface area contributed by atoms with Crippen molar-refractivity contribution >= 4 is 0 Å². The van der Waals surface area contributed by atoms with Crippen molar-refractivity contribution in [3.8, 4) is 5.75 Å². The van der Waals surface area contributed by atoms with Gasteiger partial charge in [0, 0.05) is 0 Å². The van der Waals surface area contributed by atoms with Gasteiger partial charge >= 0.3 is 0 Å². The Hall–Kier alpha value is -0.980. The Bertz CT molecular complexity index is 511. The van der Waals surface area contributed by atoms with E-state index in [0.29, 0.717) is 0 Å². The second kappa shape index (κ2) is 9.81. The molecule has 1 nitrogen and oxygen atoms in total. The monoisotopic (exact) mass is 356 g/mol. The lowest BCUT2D eigenvalue weighted by molar-refractivity contribution is 0.130. The maximum absolute atomic E-state index is 5.75. The molecule has 0 radical (unpaired) electrons. The molecule has 1 heteroatoms. The van der Waals surface area contributed by atoms with Crippen LogP contribution in [0.5, 0.6) is 5.75 Å². The van der Waals surface area contributed by atoms with Crippen molar-refractivity contribution in [2.24, 2.45) is 23.7 Å². The average Bonchev–Trinajstić information content (AvgIpc) is 2.68. The number of hydrogen-bond acceptors (Lipinski definition) is 1. The number of hydrogen-bond donors (Lipinski definition) is 0. The third-order valence-corrected chi connectivity index (χ3v) is 7.25. The molecule has 0 spiro atoms. The van der Waals surface area contributed by atoms with E-state index in [0.717, 1.165) is 48.4 Å². The highest BCUT2D eigenvalue weighted by atomic mass is 16.5. The first-order valence-electron chi connectivity index (χ1n) is 11.4. The Morgan fingerprint density at radius 2 is 1.54 bits per heavy atom. The molecule has 0 heterocycles. The van der Waals surface area contributed by atoms with Gasteiger partial charge in [-0.25, -0.2) is 0 Å². The summed E-state index contributed by atoms with van der Waals surface area (Å²) in [6.45, 7) is 7.82. The van der Waals surface area contributed by atoms with Gasteiger partial charge in [0.15, 0.2) is 0 Å². The molecule has 3 unspecified atom stereocenters. The molecule has 3 atom stereocenters. The lowest BCUT2D eigenvalue weighted by Gasteiger charge is -2.41. The minimum absolute atomic E-state index is 0.753. The quantitative estimate of drug-likeness (QED) is 0.488. The molecule has 2 saturated carbocycles. The zero-order valence-electron chi connectivity index (χ0n) is 17.4. The molecule has 1 aromatic rings. The molecule has 0 N–H and O–H groups in total. The van der Waals surface area contributed by atoms with Crippen molar-refractivity contribution < 1.29 is 4.74 Å². The Labute approximate surface area is 161 Å². The lowest BCUT2D eigenvalue weighted by atomic mass is 9.65. The third kappa shape index (κ3) is 5.05. The molecule has 3 rings (SSSR count). The van der Waals surface area contributed by atoms with Crippen molar-refractivity contribution in [3.63, 3.8) is 0 Å². The first-order valence-corrected chi connectivity index (χ1v) is 11.4. The van der Waals surface area contributed by atoms with E-state index in [9.17, 15) is 0 Å². The van der Waals surface area contributed by atoms with Crippen LogP contribution in [-0.2, 0) is 0 Å². The first-order chi connectivity index (χ1) is 12.7. The Morgan fingerprint density at radius 1 is 0.846 bits per heavy atom. The van der Waals surface area contributed by atoms with Gasteiger partial charge in [0.25, 0.3) is 0 Å². The lowest BCUT2D eigenvalue weighted by Crippen LogP contribution is -2.29. The summed E-state index contributed by atoms with van der Waals surface area (Å²) >= 11 is 0. The van der Waals surface area contributed by atoms with Crippen LogP contribution in [0.25, 0.3) is 0 Å². The SMILES string of the molecule is CCCOc1ccc(C2CCC([C@H]3CC[C@H](CCC)CC3)CC2C)cc1. The molecule has 1 aromatic carbocycles. The van der Waals surface area contributed by atoms with E-state index >= 15 is 0 Å². The molecular weight excluding hydrogens is 316 g/mol. The molecule has 2 aliphatic carbocycles. The molecular formula is C25H40O. The molecule has 146 valence electrons. The van der Waals surface area contributed by atoms with E-state index in [4.69, 9.17) is 4.74 Å². The second-order valence-electron chi connectivity index (χ2n) is 9.14. The topological polar surface area (TPSA) is 9.23 Å². The minimum Gasteiger partial charge on any atom is -0.494 e. The summed E-state index contributed by atoms with van der Waals surface area (Å²) in [6, 6.07) is 9.00. The van der Waals surface area contributed by atoms with Gasteiger partial charge < -0.3 is 4.74 Å². The fourth-order valence-corrected chi connectivity index (χ4v) is 5.75. The highest BCUT2D eigenvalue weighted by Gasteiger charge is 2.34. The summed E-state index contributed by atoms with van der Waals surface area (Å²) in [5.41, 5.74) is 1.53. The summed E-state index contributed by atoms with van der Waals surface area (Å²) in [5.74, 6) is 5.67. The summed E-state index contributed by atoms with van der Waals surface area (Å²) in [7, 11) is 0. The third-order valence-electron chi connectivity index (χ3n) is 7.25. The van der Waals surface area contributed by atoms with Crippen molar-refractivity contribution in [3.05, 3.63) is 29.8 Å². The van der Waals surface area contributed by atoms with Crippen LogP contribution in [0.1, 0.15) is 96.5 Å². The smallest absolute Gasteiger partial charge is 0.119 e. The second-order valence-corrected chi connectivity index (χ2v) is 9.14. The Balaban J connectivity index is 1.50. The van der Waals surface area contributed by atoms with Gasteiger partial charge in [-0.3, -0.25) is 0 Å². The fourth-order valence-electron chi connectivity index (χ4n) is 5.75. The standard InChI is InChI=1S/C25H40O/c1-4-6-20-7-9-21(10-8-20)23-13-16-25(19(3)18-23)22-11-14-24(15-12-22)26-17-5-2/h11-12,14-15,19-21,23,25H,4-10,13,16-18H2,1-3H3/t19?,20-,21-,23?,25?. The van der Waals surface area contributed by atoms with Crippen LogP contribution in [0.3, 0.4) is 0 Å². The van der Waals surface area contributed by atoms with E-state index in [1.807, 2.05) is 0 Å². The van der Waals surface area contributed by atoms with Gasteiger partial charge in [-0.15, -0.1) is 0 Å². The van der Waals surface area contributed by atoms with Gasteiger partial charge in [0.2, 0.25) is 0 Å². The van der Waals surface area contributed by atoms with E-state index in [1.165, 1.54) is 63.4 Å². The van der Waals surface area contributed by atoms with Gasteiger partial charge in [-0.2, -0.15) is 0 Å². The first kappa shape index (κ1) is 19.8. The van der Waals surface area contributed by atoms with Gasteiger partial charge in [-0.1, -0.05) is 58.6 Å². The van der Waals surface area contributed by atoms with Crippen LogP contribution in [-0.4, -0.2) is 6.61 Å². The maximum Gasteiger partial charge on any atom is 0.119 e. The van der Waals surface area contributed by atoms with E-state index in [-0.39, 0.29) is 0 Å². The van der Waals surface area contributed by atoms with Crippen molar-refractivity contribution in [2.75, 3.05) is 6.61 Å². The Kier molecular flexibility index (Phi) is 7.46. The summed E-state index contributed by atoms with van der Waals surface area (Å²) in [5, 5.41) is 0. The van der Waals surface area contributed by atoms with Crippen molar-refractivity contribution in [1.29, 1.82) is 0 Å². The zero-order chi connectivity index (χ0) is 18.4. The largest absolute Gasteiger partial charge is 0.494 e. The molecule has 26 heavy (non-hydrogen) atoms. The summed E-state index contributed by atoms with van der Waals surface area (Å²) < 4.78 is 5.75. The number of ether oxygens (including phenoxy) is 1. The van der Waals surface area contributed by atoms with E-state index < -0.39 is 0 Å². The molecule has 2 aliphatic rings. The van der Waals surface area contributed by atoms with Gasteiger partial charge in [-0.05, 0) is 85.8 Å². The van der Waals surface area contributed by atoms with Crippen molar-refractivity contribution in [1.82, 2.24) is 0 Å². The molecule has 0 bridgehead atoms. The minimum atomic E-state index is 0.753. The fraction of sp³-hybridized carbons (Fsp3) is 0.760. The normalized spacial score (nSPS) is 32.3. The predicted octanol–water partition coefficient (Wildman–Crippen LogP) is 7.60. The van der Waals surface area contributed by atoms with Crippen LogP contribution >= 0.6 is 0 Å². The maximum atomic E-state index is 5.75. The molecule has 2 fully saturated rings. The van der Waals surface area contributed by atoms with Crippen LogP contribution in [0.4, 0.5) is 0 Å². The zero-order valence-corrected chi connectivity index (χ0v) is 17.4. The highest BCUT2D eigenvalue weighted by molar-refractivity contribution is 5.30. The summed E-state index contributed by atoms with van der Waals surface area (Å²) in [6.07, 6.45) is 14.2. The number of rotatable bonds is 7. The van der Waals surface area contributed by atoms with Gasteiger partial charge in [0.1, 0.15) is 5.75 Å². The van der Waals surface area contributed by atoms with Crippen LogP contribution < -0.4 is 4.74 Å². The van der Waals surface area contributed by atoms with Gasteiger partial charge in [0.05, 0.1) is 6.61 Å². The molecule has 0 aliphatic heterocycles. The molecule has 0 amide bonds. The van der Waals surface area contributed by atoms with E-state index in [1.54, 1.807) is 0 Å². The van der Waals surface area contributed by atoms with E-state index in [2.05, 4.69) is 45.0 Å². The molecule has 0 aromatic heterocycles. The summed E-state index contributed by atoms with van der Waals surface area (Å²) in [4.78, 5) is 0. The number of benzene rings is 1. The van der Waals surface area contributed by atoms with Crippen molar-refractivity contribution in [2.45, 2.75) is 90.9 Å².